The van der Waals surface area contributed by atoms with Gasteiger partial charge in [0.05, 0.1) is 11.1 Å². The maximum atomic E-state index is 16.1. The molecule has 9 nitrogen and oxygen atoms in total. The van der Waals surface area contributed by atoms with Crippen LogP contribution in [-0.4, -0.2) is 46.0 Å². The number of carbonyl (C=O) groups excluding carboxylic acids is 2. The van der Waals surface area contributed by atoms with Gasteiger partial charge in [0.15, 0.2) is 18.0 Å². The summed E-state index contributed by atoms with van der Waals surface area (Å²) in [4.78, 5) is 41.1. The zero-order valence-corrected chi connectivity index (χ0v) is 18.2. The SMILES string of the molecule is CC1(F)C(OC(=O)c2ccccc2)C(COC(=O)c2ccccc2)OC1n1ccc(N)nc1=O. The van der Waals surface area contributed by atoms with Crippen molar-refractivity contribution >= 4 is 17.8 Å². The molecule has 1 fully saturated rings. The van der Waals surface area contributed by atoms with Crippen molar-refractivity contribution < 1.29 is 28.2 Å². The number of nitrogens with zero attached hydrogens (tertiary/aromatic N) is 2. The Morgan fingerprint density at radius 3 is 2.24 bits per heavy atom. The number of anilines is 1. The van der Waals surface area contributed by atoms with Crippen molar-refractivity contribution in [2.45, 2.75) is 31.0 Å². The van der Waals surface area contributed by atoms with E-state index >= 15 is 4.39 Å². The molecule has 34 heavy (non-hydrogen) atoms. The smallest absolute Gasteiger partial charge is 0.351 e. The molecule has 2 aromatic carbocycles. The quantitative estimate of drug-likeness (QED) is 0.549. The fraction of sp³-hybridized carbons (Fsp3) is 0.250. The van der Waals surface area contributed by atoms with Crippen molar-refractivity contribution in [3.05, 3.63) is 94.5 Å². The average molecular weight is 467 g/mol. The van der Waals surface area contributed by atoms with Crippen LogP contribution in [-0.2, 0) is 14.2 Å². The number of aromatic nitrogens is 2. The van der Waals surface area contributed by atoms with Crippen LogP contribution in [0.2, 0.25) is 0 Å². The van der Waals surface area contributed by atoms with Crippen molar-refractivity contribution in [3.8, 4) is 0 Å². The number of nitrogens with two attached hydrogens (primary N) is 1. The van der Waals surface area contributed by atoms with Crippen molar-refractivity contribution in [1.29, 1.82) is 0 Å². The highest BCUT2D eigenvalue weighted by Gasteiger charge is 2.58. The lowest BCUT2D eigenvalue weighted by molar-refractivity contribution is -0.0648. The van der Waals surface area contributed by atoms with Gasteiger partial charge in [-0.2, -0.15) is 4.98 Å². The summed E-state index contributed by atoms with van der Waals surface area (Å²) in [7, 11) is 0. The number of rotatable bonds is 6. The Labute approximate surface area is 193 Å². The molecular formula is C24H22FN3O6. The van der Waals surface area contributed by atoms with Gasteiger partial charge in [-0.3, -0.25) is 4.57 Å². The Morgan fingerprint density at radius 1 is 1.06 bits per heavy atom. The largest absolute Gasteiger partial charge is 0.459 e. The number of nitrogen functional groups attached to an aromatic ring is 1. The molecule has 1 aromatic heterocycles. The molecule has 176 valence electrons. The predicted molar refractivity (Wildman–Crippen MR) is 119 cm³/mol. The van der Waals surface area contributed by atoms with Crippen molar-refractivity contribution in [2.24, 2.45) is 0 Å². The van der Waals surface area contributed by atoms with Gasteiger partial charge in [-0.05, 0) is 37.3 Å². The van der Waals surface area contributed by atoms with E-state index in [0.717, 1.165) is 11.5 Å². The third-order valence-electron chi connectivity index (χ3n) is 5.42. The Balaban J connectivity index is 1.61. The number of ether oxygens (including phenoxy) is 3. The van der Waals surface area contributed by atoms with Crippen LogP contribution < -0.4 is 11.4 Å². The molecule has 4 rings (SSSR count). The summed E-state index contributed by atoms with van der Waals surface area (Å²) in [6.45, 7) is 0.718. The Hall–Kier alpha value is -4.05. The van der Waals surface area contributed by atoms with Crippen LogP contribution in [0.25, 0.3) is 0 Å². The molecule has 2 N–H and O–H groups in total. The molecule has 1 aliphatic heterocycles. The van der Waals surface area contributed by atoms with E-state index in [0.29, 0.717) is 0 Å². The lowest BCUT2D eigenvalue weighted by atomic mass is 9.98. The van der Waals surface area contributed by atoms with Crippen LogP contribution in [0.15, 0.2) is 77.7 Å². The number of alkyl halides is 1. The van der Waals surface area contributed by atoms with Gasteiger partial charge in [0.1, 0.15) is 18.5 Å². The lowest BCUT2D eigenvalue weighted by Crippen LogP contribution is -2.45. The number of hydrogen-bond acceptors (Lipinski definition) is 8. The van der Waals surface area contributed by atoms with Crippen LogP contribution in [0.1, 0.15) is 33.9 Å². The standard InChI is InChI=1S/C24H22FN3O6/c1-24(25)19(34-21(30)16-10-6-3-7-11-16)17(14-32-20(29)15-8-4-2-5-9-15)33-22(24)28-13-12-18(26)27-23(28)31/h2-13,17,19,22H,14H2,1H3,(H2,26,27,31). The summed E-state index contributed by atoms with van der Waals surface area (Å²) in [5.74, 6) is -1.49. The van der Waals surface area contributed by atoms with Gasteiger partial charge in [0.25, 0.3) is 0 Å². The van der Waals surface area contributed by atoms with Crippen LogP contribution in [0.3, 0.4) is 0 Å². The molecule has 4 unspecified atom stereocenters. The third-order valence-corrected chi connectivity index (χ3v) is 5.42. The van der Waals surface area contributed by atoms with E-state index in [1.165, 1.54) is 24.4 Å². The van der Waals surface area contributed by atoms with Crippen LogP contribution in [0.4, 0.5) is 10.2 Å². The van der Waals surface area contributed by atoms with E-state index in [9.17, 15) is 14.4 Å². The molecule has 0 saturated carbocycles. The van der Waals surface area contributed by atoms with Gasteiger partial charge >= 0.3 is 17.6 Å². The number of benzene rings is 2. The minimum absolute atomic E-state index is 0.0415. The van der Waals surface area contributed by atoms with Crippen LogP contribution in [0, 0.1) is 0 Å². The minimum atomic E-state index is -2.38. The first-order chi connectivity index (χ1) is 16.3. The topological polar surface area (TPSA) is 123 Å². The number of hydrogen-bond donors (Lipinski definition) is 1. The second-order valence-corrected chi connectivity index (χ2v) is 7.88. The molecule has 4 atom stereocenters. The van der Waals surface area contributed by atoms with E-state index in [1.54, 1.807) is 48.5 Å². The summed E-state index contributed by atoms with van der Waals surface area (Å²) >= 11 is 0. The molecular weight excluding hydrogens is 445 g/mol. The molecule has 2 heterocycles. The van der Waals surface area contributed by atoms with E-state index in [2.05, 4.69) is 4.98 Å². The zero-order valence-electron chi connectivity index (χ0n) is 18.2. The second kappa shape index (κ2) is 9.44. The first-order valence-corrected chi connectivity index (χ1v) is 10.4. The zero-order chi connectivity index (χ0) is 24.3. The fourth-order valence-electron chi connectivity index (χ4n) is 3.71. The molecule has 0 radical (unpaired) electrons. The second-order valence-electron chi connectivity index (χ2n) is 7.88. The molecule has 10 heteroatoms. The first kappa shape index (κ1) is 23.1. The van der Waals surface area contributed by atoms with Crippen LogP contribution in [0.5, 0.6) is 0 Å². The highest BCUT2D eigenvalue weighted by molar-refractivity contribution is 5.90. The Morgan fingerprint density at radius 2 is 1.65 bits per heavy atom. The summed E-state index contributed by atoms with van der Waals surface area (Å²) in [5.41, 5.74) is 2.80. The monoisotopic (exact) mass is 467 g/mol. The van der Waals surface area contributed by atoms with Crippen molar-refractivity contribution in [3.63, 3.8) is 0 Å². The van der Waals surface area contributed by atoms with Gasteiger partial charge in [0.2, 0.25) is 0 Å². The van der Waals surface area contributed by atoms with Gasteiger partial charge < -0.3 is 19.9 Å². The van der Waals surface area contributed by atoms with Gasteiger partial charge in [-0.15, -0.1) is 0 Å². The highest BCUT2D eigenvalue weighted by atomic mass is 19.1. The molecule has 0 amide bonds. The highest BCUT2D eigenvalue weighted by Crippen LogP contribution is 2.43. The Kier molecular flexibility index (Phi) is 6.42. The summed E-state index contributed by atoms with van der Waals surface area (Å²) < 4.78 is 33.6. The number of halogens is 1. The summed E-state index contributed by atoms with van der Waals surface area (Å²) in [6.07, 6.45) is -2.98. The molecule has 3 aromatic rings. The number of esters is 2. The van der Waals surface area contributed by atoms with E-state index in [1.807, 2.05) is 0 Å². The molecule has 0 aliphatic carbocycles. The maximum Gasteiger partial charge on any atom is 0.351 e. The van der Waals surface area contributed by atoms with Gasteiger partial charge in [0, 0.05) is 6.20 Å². The summed E-state index contributed by atoms with van der Waals surface area (Å²) in [6, 6.07) is 17.5. The van der Waals surface area contributed by atoms with Gasteiger partial charge in [-0.1, -0.05) is 36.4 Å². The Bertz CT molecular complexity index is 1230. The molecule has 0 bridgehead atoms. The molecule has 0 spiro atoms. The van der Waals surface area contributed by atoms with Gasteiger partial charge in [-0.25, -0.2) is 18.8 Å². The van der Waals surface area contributed by atoms with Crippen molar-refractivity contribution in [1.82, 2.24) is 9.55 Å². The lowest BCUT2D eigenvalue weighted by Gasteiger charge is -2.27. The third kappa shape index (κ3) is 4.67. The predicted octanol–water partition coefficient (Wildman–Crippen LogP) is 2.53. The van der Waals surface area contributed by atoms with E-state index in [-0.39, 0.29) is 16.9 Å². The normalized spacial score (nSPS) is 23.9. The minimum Gasteiger partial charge on any atom is -0.459 e. The maximum absolute atomic E-state index is 16.1. The molecule has 1 aliphatic rings. The molecule has 1 saturated heterocycles. The van der Waals surface area contributed by atoms with E-state index < -0.39 is 48.3 Å². The summed E-state index contributed by atoms with van der Waals surface area (Å²) in [5, 5.41) is 0. The fourth-order valence-corrected chi connectivity index (χ4v) is 3.71. The van der Waals surface area contributed by atoms with Crippen LogP contribution >= 0.6 is 0 Å². The van der Waals surface area contributed by atoms with Crippen molar-refractivity contribution in [2.75, 3.05) is 12.3 Å². The number of carbonyl (C=O) groups is 2. The average Bonchev–Trinajstić information content (AvgIpc) is 3.08. The first-order valence-electron chi connectivity index (χ1n) is 10.4. The van der Waals surface area contributed by atoms with E-state index in [4.69, 9.17) is 19.9 Å².